The molecule has 14 heteroatoms. The molecule has 2 fully saturated rings. The molecule has 2 aliphatic carbocycles. The van der Waals surface area contributed by atoms with Gasteiger partial charge in [-0.3, -0.25) is 9.69 Å². The molecule has 14 nitrogen and oxygen atoms in total. The van der Waals surface area contributed by atoms with Crippen LogP contribution in [0.15, 0.2) is 35.0 Å². The van der Waals surface area contributed by atoms with Gasteiger partial charge in [-0.2, -0.15) is 15.3 Å². The maximum absolute atomic E-state index is 13.2. The van der Waals surface area contributed by atoms with Crippen molar-refractivity contribution < 1.29 is 23.5 Å². The molecule has 3 aromatic heterocycles. The number of carbonyl (C=O) groups excluding carboxylic acids is 1. The minimum absolute atomic E-state index is 0.0192. The van der Waals surface area contributed by atoms with E-state index >= 15 is 0 Å². The van der Waals surface area contributed by atoms with E-state index < -0.39 is 5.41 Å². The Balaban J connectivity index is 1.20. The Morgan fingerprint density at radius 2 is 2.06 bits per heavy atom. The summed E-state index contributed by atoms with van der Waals surface area (Å²) in [5.74, 6) is 1.63. The molecule has 2 aliphatic heterocycles. The van der Waals surface area contributed by atoms with Crippen molar-refractivity contribution in [3.05, 3.63) is 64.2 Å². The number of nitriles is 1. The van der Waals surface area contributed by atoms with Crippen molar-refractivity contribution in [1.29, 1.82) is 5.26 Å². The number of likely N-dealkylation sites (N-methyl/N-ethyl adjacent to an activating group) is 2. The summed E-state index contributed by atoms with van der Waals surface area (Å²) in [7, 11) is 5.56. The van der Waals surface area contributed by atoms with Gasteiger partial charge in [-0.15, -0.1) is 0 Å². The first kappa shape index (κ1) is 32.4. The fourth-order valence-corrected chi connectivity index (χ4v) is 8.43. The molecule has 50 heavy (non-hydrogen) atoms. The van der Waals surface area contributed by atoms with E-state index in [2.05, 4.69) is 28.3 Å². The van der Waals surface area contributed by atoms with Gasteiger partial charge in [0.2, 0.25) is 5.88 Å². The molecule has 2 saturated heterocycles. The van der Waals surface area contributed by atoms with Gasteiger partial charge in [0, 0.05) is 44.2 Å². The highest BCUT2D eigenvalue weighted by molar-refractivity contribution is 5.92. The lowest BCUT2D eigenvalue weighted by Gasteiger charge is -2.34. The Bertz CT molecular complexity index is 2000. The van der Waals surface area contributed by atoms with Crippen LogP contribution in [0, 0.1) is 11.3 Å². The van der Waals surface area contributed by atoms with Gasteiger partial charge in [0.1, 0.15) is 12.2 Å². The minimum Gasteiger partial charge on any atom is -0.473 e. The van der Waals surface area contributed by atoms with Crippen LogP contribution in [0.3, 0.4) is 0 Å². The lowest BCUT2D eigenvalue weighted by molar-refractivity contribution is -0.0469. The summed E-state index contributed by atoms with van der Waals surface area (Å²) in [6.07, 6.45) is 6.41. The van der Waals surface area contributed by atoms with E-state index in [0.717, 1.165) is 67.5 Å². The van der Waals surface area contributed by atoms with Crippen LogP contribution in [0.1, 0.15) is 71.1 Å². The fraction of sp³-hybridized carbons (Fsp3) is 0.500. The van der Waals surface area contributed by atoms with Crippen molar-refractivity contribution in [2.75, 3.05) is 46.7 Å². The second kappa shape index (κ2) is 12.5. The Morgan fingerprint density at radius 1 is 1.22 bits per heavy atom. The van der Waals surface area contributed by atoms with Gasteiger partial charge in [-0.25, -0.2) is 9.67 Å². The predicted molar refractivity (Wildman–Crippen MR) is 181 cm³/mol. The van der Waals surface area contributed by atoms with E-state index in [4.69, 9.17) is 34.4 Å². The van der Waals surface area contributed by atoms with Gasteiger partial charge >= 0.3 is 0 Å². The molecule has 1 spiro atoms. The number of aryl methyl sites for hydroxylation is 1. The zero-order valence-electron chi connectivity index (χ0n) is 28.8. The maximum Gasteiger partial charge on any atom is 0.274 e. The molecular weight excluding hydrogens is 638 g/mol. The Hall–Kier alpha value is -4.84. The molecule has 4 aliphatic rings. The van der Waals surface area contributed by atoms with Crippen LogP contribution in [-0.2, 0) is 27.7 Å². The van der Waals surface area contributed by atoms with Crippen LogP contribution in [0.5, 0.6) is 5.88 Å². The third-order valence-corrected chi connectivity index (χ3v) is 11.2. The van der Waals surface area contributed by atoms with Gasteiger partial charge in [0.25, 0.3) is 5.91 Å². The number of carbonyl (C=O) groups is 1. The van der Waals surface area contributed by atoms with Gasteiger partial charge in [-0.1, -0.05) is 11.2 Å². The number of anilines is 1. The molecule has 1 aromatic carbocycles. The number of fused-ring (bicyclic) bond motifs is 4. The molecule has 0 saturated carbocycles. The maximum atomic E-state index is 13.2. The molecule has 0 bridgehead atoms. The minimum atomic E-state index is -0.503. The number of ether oxygens (including phenoxy) is 3. The van der Waals surface area contributed by atoms with Gasteiger partial charge < -0.3 is 29.4 Å². The SMILES string of the molecule is COC1CCN(C)C1C(C)Oc1cc(-n2ccc(C(=O)N(C)C3COC3)n2)nc(-c2noc3c2CCCC32CCc3ccc(N)c(C#N)c32)n1. The highest BCUT2D eigenvalue weighted by Gasteiger charge is 2.49. The molecule has 4 unspecified atom stereocenters. The second-order valence-electron chi connectivity index (χ2n) is 13.9. The number of likely N-dealkylation sites (tertiary alicyclic amines) is 1. The van der Waals surface area contributed by atoms with Crippen LogP contribution >= 0.6 is 0 Å². The summed E-state index contributed by atoms with van der Waals surface area (Å²) in [6.45, 7) is 3.94. The lowest BCUT2D eigenvalue weighted by Crippen LogP contribution is -2.49. The third-order valence-electron chi connectivity index (χ3n) is 11.2. The van der Waals surface area contributed by atoms with Gasteiger partial charge in [0.15, 0.2) is 28.8 Å². The number of hydrogen-bond donors (Lipinski definition) is 1. The molecule has 260 valence electrons. The predicted octanol–water partition coefficient (Wildman–Crippen LogP) is 3.30. The number of rotatable bonds is 8. The number of nitrogen functional groups attached to an aromatic ring is 1. The molecular formula is C36H41N9O5. The van der Waals surface area contributed by atoms with Crippen LogP contribution in [-0.4, -0.2) is 106 Å². The van der Waals surface area contributed by atoms with E-state index in [0.29, 0.717) is 53.4 Å². The second-order valence-corrected chi connectivity index (χ2v) is 13.9. The van der Waals surface area contributed by atoms with Gasteiger partial charge in [-0.05, 0) is 75.8 Å². The number of benzene rings is 1. The van der Waals surface area contributed by atoms with Crippen molar-refractivity contribution in [3.8, 4) is 29.3 Å². The van der Waals surface area contributed by atoms with Crippen LogP contribution < -0.4 is 10.5 Å². The van der Waals surface area contributed by atoms with E-state index in [1.54, 1.807) is 42.1 Å². The zero-order chi connectivity index (χ0) is 34.7. The zero-order valence-corrected chi connectivity index (χ0v) is 28.8. The Labute approximate surface area is 290 Å². The van der Waals surface area contributed by atoms with E-state index in [1.807, 2.05) is 19.1 Å². The highest BCUT2D eigenvalue weighted by Crippen LogP contribution is 2.54. The first-order chi connectivity index (χ1) is 24.2. The first-order valence-electron chi connectivity index (χ1n) is 17.2. The molecule has 0 radical (unpaired) electrons. The number of amides is 1. The Morgan fingerprint density at radius 3 is 2.82 bits per heavy atom. The number of nitrogens with zero attached hydrogens (tertiary/aromatic N) is 8. The monoisotopic (exact) mass is 679 g/mol. The first-order valence-corrected chi connectivity index (χ1v) is 17.2. The van der Waals surface area contributed by atoms with Crippen molar-refractivity contribution in [3.63, 3.8) is 0 Å². The van der Waals surface area contributed by atoms with Crippen LogP contribution in [0.25, 0.3) is 17.3 Å². The normalized spacial score (nSPS) is 23.7. The van der Waals surface area contributed by atoms with E-state index in [-0.39, 0.29) is 30.2 Å². The quantitative estimate of drug-likeness (QED) is 0.270. The third kappa shape index (κ3) is 5.14. The number of methoxy groups -OCH3 is 1. The number of hydrogen-bond acceptors (Lipinski definition) is 12. The molecule has 5 heterocycles. The topological polar surface area (TPSA) is 171 Å². The van der Waals surface area contributed by atoms with Crippen LogP contribution in [0.2, 0.25) is 0 Å². The van der Waals surface area contributed by atoms with Crippen molar-refractivity contribution in [2.45, 2.75) is 75.2 Å². The molecule has 1 amide bonds. The summed E-state index contributed by atoms with van der Waals surface area (Å²) in [4.78, 5) is 27.0. The standard InChI is InChI=1S/C36H41N9O5/c1-20(32-27(47-4)11-14-43(32)2)49-29-16-28(45-15-10-26(41-45)35(46)44(3)22-18-48-19-22)39-34(40-29)31-23-6-5-12-36(33(23)50-42-31)13-9-21-7-8-25(38)24(17-37)30(21)36/h7-8,10,15-16,20,22,27,32H,5-6,9,11-14,18-19,38H2,1-4H3. The lowest BCUT2D eigenvalue weighted by atomic mass is 9.68. The molecule has 8 rings (SSSR count). The molecule has 2 N–H and O–H groups in total. The summed E-state index contributed by atoms with van der Waals surface area (Å²) in [5.41, 5.74) is 10.6. The average molecular weight is 680 g/mol. The summed E-state index contributed by atoms with van der Waals surface area (Å²) in [6, 6.07) is 9.67. The van der Waals surface area contributed by atoms with Crippen molar-refractivity contribution in [1.82, 2.24) is 34.7 Å². The van der Waals surface area contributed by atoms with Crippen LogP contribution in [0.4, 0.5) is 5.69 Å². The summed E-state index contributed by atoms with van der Waals surface area (Å²) in [5, 5.41) is 19.4. The van der Waals surface area contributed by atoms with Crippen molar-refractivity contribution in [2.24, 2.45) is 0 Å². The van der Waals surface area contributed by atoms with E-state index in [1.165, 1.54) is 0 Å². The fourth-order valence-electron chi connectivity index (χ4n) is 8.43. The molecule has 4 atom stereocenters. The Kier molecular flexibility index (Phi) is 8.08. The number of nitrogens with two attached hydrogens (primary N) is 1. The van der Waals surface area contributed by atoms with E-state index in [9.17, 15) is 10.1 Å². The smallest absolute Gasteiger partial charge is 0.274 e. The van der Waals surface area contributed by atoms with Gasteiger partial charge in [0.05, 0.1) is 42.4 Å². The van der Waals surface area contributed by atoms with Crippen molar-refractivity contribution >= 4 is 11.6 Å². The molecule has 4 aromatic rings. The number of aromatic nitrogens is 5. The highest BCUT2D eigenvalue weighted by atomic mass is 16.5. The summed E-state index contributed by atoms with van der Waals surface area (Å²) < 4.78 is 25.4. The summed E-state index contributed by atoms with van der Waals surface area (Å²) >= 11 is 0. The average Bonchev–Trinajstić information content (AvgIpc) is 3.90. The largest absolute Gasteiger partial charge is 0.473 e.